The van der Waals surface area contributed by atoms with Crippen LogP contribution in [0.4, 0.5) is 11.4 Å². The number of hydrogen-bond acceptors (Lipinski definition) is 4. The quantitative estimate of drug-likeness (QED) is 0.694. The molecule has 0 unspecified atom stereocenters. The van der Waals surface area contributed by atoms with E-state index in [1.54, 1.807) is 0 Å². The van der Waals surface area contributed by atoms with Crippen molar-refractivity contribution in [1.82, 2.24) is 0 Å². The molecule has 0 saturated heterocycles. The average Bonchev–Trinajstić information content (AvgIpc) is 2.49. The van der Waals surface area contributed by atoms with Crippen molar-refractivity contribution in [3.8, 4) is 6.07 Å². The van der Waals surface area contributed by atoms with Crippen molar-refractivity contribution in [2.45, 2.75) is 0 Å². The molecule has 7 heteroatoms. The molecular weight excluding hydrogens is 294 g/mol. The van der Waals surface area contributed by atoms with Crippen molar-refractivity contribution in [1.29, 1.82) is 5.26 Å². The number of carbonyl (C=O) groups excluding carboxylic acids is 1. The van der Waals surface area contributed by atoms with E-state index < -0.39 is 10.8 Å². The summed E-state index contributed by atoms with van der Waals surface area (Å²) in [6, 6.07) is 11.6. The lowest BCUT2D eigenvalue weighted by molar-refractivity contribution is -0.384. The lowest BCUT2D eigenvalue weighted by Gasteiger charge is -2.07. The second-order valence-electron chi connectivity index (χ2n) is 4.06. The fourth-order valence-electron chi connectivity index (χ4n) is 1.62. The molecule has 0 aliphatic carbocycles. The first-order valence-corrected chi connectivity index (χ1v) is 6.14. The molecule has 0 saturated carbocycles. The molecule has 0 atom stereocenters. The van der Waals surface area contributed by atoms with Crippen LogP contribution in [0.2, 0.25) is 5.02 Å². The zero-order valence-corrected chi connectivity index (χ0v) is 11.3. The molecular formula is C14H8ClN3O3. The largest absolute Gasteiger partial charge is 0.321 e. The van der Waals surface area contributed by atoms with E-state index in [2.05, 4.69) is 5.32 Å². The Kier molecular flexibility index (Phi) is 4.16. The van der Waals surface area contributed by atoms with Crippen LogP contribution in [-0.4, -0.2) is 10.8 Å². The SMILES string of the molecule is N#Cc1ccc(Cl)c(NC(=O)c2ccc([N+](=O)[O-])cc2)c1. The van der Waals surface area contributed by atoms with Crippen molar-refractivity contribution in [3.63, 3.8) is 0 Å². The number of nitrogens with one attached hydrogen (secondary N) is 1. The van der Waals surface area contributed by atoms with Gasteiger partial charge in [0.1, 0.15) is 0 Å². The van der Waals surface area contributed by atoms with Crippen LogP contribution in [0.25, 0.3) is 0 Å². The van der Waals surface area contributed by atoms with Gasteiger partial charge in [-0.2, -0.15) is 5.26 Å². The first kappa shape index (κ1) is 14.5. The molecule has 2 aromatic carbocycles. The highest BCUT2D eigenvalue weighted by molar-refractivity contribution is 6.34. The molecule has 0 aliphatic rings. The van der Waals surface area contributed by atoms with E-state index in [9.17, 15) is 14.9 Å². The number of amides is 1. The lowest BCUT2D eigenvalue weighted by atomic mass is 10.1. The second-order valence-corrected chi connectivity index (χ2v) is 4.47. The van der Waals surface area contributed by atoms with Gasteiger partial charge in [-0.05, 0) is 30.3 Å². The number of nitro benzene ring substituents is 1. The van der Waals surface area contributed by atoms with E-state index >= 15 is 0 Å². The fourth-order valence-corrected chi connectivity index (χ4v) is 1.78. The van der Waals surface area contributed by atoms with E-state index in [0.29, 0.717) is 16.3 Å². The van der Waals surface area contributed by atoms with Crippen LogP contribution in [0.1, 0.15) is 15.9 Å². The molecule has 21 heavy (non-hydrogen) atoms. The number of anilines is 1. The molecule has 104 valence electrons. The van der Waals surface area contributed by atoms with Crippen molar-refractivity contribution >= 4 is 28.9 Å². The fraction of sp³-hybridized carbons (Fsp3) is 0. The standard InChI is InChI=1S/C14H8ClN3O3/c15-12-6-1-9(8-16)7-13(12)17-14(19)10-2-4-11(5-3-10)18(20)21/h1-7H,(H,17,19). The van der Waals surface area contributed by atoms with E-state index in [4.69, 9.17) is 16.9 Å². The molecule has 0 aliphatic heterocycles. The molecule has 0 spiro atoms. The monoisotopic (exact) mass is 301 g/mol. The minimum atomic E-state index is -0.547. The van der Waals surface area contributed by atoms with Crippen LogP contribution in [-0.2, 0) is 0 Å². The summed E-state index contributed by atoms with van der Waals surface area (Å²) in [6.07, 6.45) is 0. The molecule has 1 amide bonds. The molecule has 1 N–H and O–H groups in total. The maximum Gasteiger partial charge on any atom is 0.269 e. The Hall–Kier alpha value is -2.91. The molecule has 0 heterocycles. The third kappa shape index (κ3) is 3.35. The Morgan fingerprint density at radius 1 is 1.24 bits per heavy atom. The first-order valence-electron chi connectivity index (χ1n) is 5.76. The minimum Gasteiger partial charge on any atom is -0.321 e. The third-order valence-electron chi connectivity index (χ3n) is 2.68. The average molecular weight is 302 g/mol. The summed E-state index contributed by atoms with van der Waals surface area (Å²) < 4.78 is 0. The number of nitriles is 1. The van der Waals surface area contributed by atoms with Crippen LogP contribution >= 0.6 is 11.6 Å². The van der Waals surface area contributed by atoms with Crippen LogP contribution < -0.4 is 5.32 Å². The highest BCUT2D eigenvalue weighted by atomic mass is 35.5. The van der Waals surface area contributed by atoms with Gasteiger partial charge in [0, 0.05) is 17.7 Å². The molecule has 0 aromatic heterocycles. The predicted octanol–water partition coefficient (Wildman–Crippen LogP) is 3.37. The van der Waals surface area contributed by atoms with Crippen molar-refractivity contribution in [2.24, 2.45) is 0 Å². The summed E-state index contributed by atoms with van der Waals surface area (Å²) in [5, 5.41) is 22.2. The number of nitrogens with zero attached hydrogens (tertiary/aromatic N) is 2. The molecule has 0 fully saturated rings. The normalized spacial score (nSPS) is 9.71. The Balaban J connectivity index is 2.22. The number of non-ortho nitro benzene ring substituents is 1. The molecule has 0 radical (unpaired) electrons. The smallest absolute Gasteiger partial charge is 0.269 e. The lowest BCUT2D eigenvalue weighted by Crippen LogP contribution is -2.12. The van der Waals surface area contributed by atoms with Gasteiger partial charge in [-0.1, -0.05) is 11.6 Å². The van der Waals surface area contributed by atoms with E-state index in [0.717, 1.165) is 0 Å². The highest BCUT2D eigenvalue weighted by Crippen LogP contribution is 2.23. The van der Waals surface area contributed by atoms with Gasteiger partial charge < -0.3 is 5.32 Å². The van der Waals surface area contributed by atoms with Gasteiger partial charge in [0.15, 0.2) is 0 Å². The summed E-state index contributed by atoms with van der Waals surface area (Å²) >= 11 is 5.94. The first-order chi connectivity index (χ1) is 10.0. The van der Waals surface area contributed by atoms with Crippen LogP contribution in [0.3, 0.4) is 0 Å². The summed E-state index contributed by atoms with van der Waals surface area (Å²) in [5.74, 6) is -0.470. The van der Waals surface area contributed by atoms with Crippen LogP contribution in [0.5, 0.6) is 0 Å². The number of carbonyl (C=O) groups is 1. The van der Waals surface area contributed by atoms with E-state index in [-0.39, 0.29) is 11.3 Å². The van der Waals surface area contributed by atoms with Crippen molar-refractivity contribution < 1.29 is 9.72 Å². The zero-order chi connectivity index (χ0) is 15.4. The van der Waals surface area contributed by atoms with Gasteiger partial charge in [-0.25, -0.2) is 0 Å². The maximum absolute atomic E-state index is 12.0. The van der Waals surface area contributed by atoms with Gasteiger partial charge in [0.25, 0.3) is 11.6 Å². The predicted molar refractivity (Wildman–Crippen MR) is 77.2 cm³/mol. The van der Waals surface area contributed by atoms with Gasteiger partial charge >= 0.3 is 0 Å². The summed E-state index contributed by atoms with van der Waals surface area (Å²) in [4.78, 5) is 22.0. The highest BCUT2D eigenvalue weighted by Gasteiger charge is 2.11. The van der Waals surface area contributed by atoms with Gasteiger partial charge in [0.2, 0.25) is 0 Å². The van der Waals surface area contributed by atoms with Crippen LogP contribution in [0.15, 0.2) is 42.5 Å². The second kappa shape index (κ2) is 6.03. The summed E-state index contributed by atoms with van der Waals surface area (Å²) in [6.45, 7) is 0. The summed E-state index contributed by atoms with van der Waals surface area (Å²) in [5.41, 5.74) is 0.813. The summed E-state index contributed by atoms with van der Waals surface area (Å²) in [7, 11) is 0. The molecule has 2 rings (SSSR count). The van der Waals surface area contributed by atoms with E-state index in [1.165, 1.54) is 42.5 Å². The Morgan fingerprint density at radius 3 is 2.48 bits per heavy atom. The van der Waals surface area contributed by atoms with Crippen molar-refractivity contribution in [2.75, 3.05) is 5.32 Å². The zero-order valence-electron chi connectivity index (χ0n) is 10.5. The number of benzene rings is 2. The van der Waals surface area contributed by atoms with Crippen LogP contribution in [0, 0.1) is 21.4 Å². The number of halogens is 1. The Bertz CT molecular complexity index is 751. The molecule has 0 bridgehead atoms. The topological polar surface area (TPSA) is 96.0 Å². The Morgan fingerprint density at radius 2 is 1.90 bits per heavy atom. The minimum absolute atomic E-state index is 0.101. The third-order valence-corrected chi connectivity index (χ3v) is 3.01. The van der Waals surface area contributed by atoms with E-state index in [1.807, 2.05) is 6.07 Å². The number of rotatable bonds is 3. The van der Waals surface area contributed by atoms with Crippen molar-refractivity contribution in [3.05, 3.63) is 68.7 Å². The molecule has 2 aromatic rings. The van der Waals surface area contributed by atoms with Gasteiger partial charge in [-0.15, -0.1) is 0 Å². The number of nitro groups is 1. The van der Waals surface area contributed by atoms with Gasteiger partial charge in [0.05, 0.1) is 27.3 Å². The maximum atomic E-state index is 12.0. The number of hydrogen-bond donors (Lipinski definition) is 1. The molecule has 6 nitrogen and oxygen atoms in total. The van der Waals surface area contributed by atoms with Gasteiger partial charge in [-0.3, -0.25) is 14.9 Å². The Labute approximate surface area is 124 Å².